The first-order chi connectivity index (χ1) is 27.1. The van der Waals surface area contributed by atoms with Crippen LogP contribution in [0.2, 0.25) is 0 Å². The lowest BCUT2D eigenvalue weighted by atomic mass is 9.92. The van der Waals surface area contributed by atoms with E-state index in [0.29, 0.717) is 29.9 Å². The highest BCUT2D eigenvalue weighted by atomic mass is 16.7. The zero-order valence-electron chi connectivity index (χ0n) is 31.5. The van der Waals surface area contributed by atoms with Crippen LogP contribution < -0.4 is 9.64 Å². The molecule has 3 amide bonds. The summed E-state index contributed by atoms with van der Waals surface area (Å²) in [5.41, 5.74) is 0.133. The van der Waals surface area contributed by atoms with Crippen molar-refractivity contribution in [3.05, 3.63) is 52.5 Å². The summed E-state index contributed by atoms with van der Waals surface area (Å²) in [7, 11) is 4.93. The molecule has 3 aromatic rings. The summed E-state index contributed by atoms with van der Waals surface area (Å²) < 4.78 is 17.3. The average molecular weight is 798 g/mol. The lowest BCUT2D eigenvalue weighted by Gasteiger charge is -2.42. The standard InChI is InChI=1S/C34H43N9O11.CO2/c1-20-8-11-41(27(45)7-10-35)16-24(20)40(4)30-22-9-12-42(31(22)37-19-36-30)33(48)38(2)13-14-39(3)34(49)53-17-21-5-6-26(23(15-21)43(50)51)54-32-29(47)28(46)25(44)18-52-32;2-1-3/h5-6,9,12,15,19-20,24-25,28-29,32,44,46-47H,7-8,11,13-14,16-18H2,1-4H3;/t20-,24+,25-,28+,29-,32+;/m1./s1. The first kappa shape index (κ1) is 43.5. The summed E-state index contributed by atoms with van der Waals surface area (Å²) in [6, 6.07) is 6.95. The minimum absolute atomic E-state index is 0.0798. The van der Waals surface area contributed by atoms with Gasteiger partial charge in [-0.15, -0.1) is 0 Å². The molecule has 1 aromatic carbocycles. The van der Waals surface area contributed by atoms with Gasteiger partial charge in [0.2, 0.25) is 12.2 Å². The molecule has 0 spiro atoms. The van der Waals surface area contributed by atoms with Gasteiger partial charge in [0.1, 0.15) is 43.5 Å². The van der Waals surface area contributed by atoms with Crippen molar-refractivity contribution in [1.82, 2.24) is 29.2 Å². The van der Waals surface area contributed by atoms with E-state index in [9.17, 15) is 39.8 Å². The number of carbonyl (C=O) groups excluding carboxylic acids is 5. The van der Waals surface area contributed by atoms with Crippen molar-refractivity contribution in [2.24, 2.45) is 5.92 Å². The molecule has 2 aliphatic rings. The zero-order chi connectivity index (χ0) is 42.0. The van der Waals surface area contributed by atoms with Crippen LogP contribution in [0.1, 0.15) is 25.3 Å². The van der Waals surface area contributed by atoms with Gasteiger partial charge in [0, 0.05) is 59.6 Å². The van der Waals surface area contributed by atoms with E-state index >= 15 is 0 Å². The van der Waals surface area contributed by atoms with E-state index in [4.69, 9.17) is 29.1 Å². The smallest absolute Gasteiger partial charge is 0.409 e. The fraction of sp³-hybridized carbons (Fsp3) is 0.514. The van der Waals surface area contributed by atoms with E-state index in [1.807, 2.05) is 18.0 Å². The number of nitro groups is 1. The number of fused-ring (bicyclic) bond motifs is 1. The Morgan fingerprint density at radius 3 is 2.47 bits per heavy atom. The van der Waals surface area contributed by atoms with Crippen LogP contribution in [-0.2, 0) is 30.5 Å². The Morgan fingerprint density at radius 1 is 1.09 bits per heavy atom. The molecule has 2 fully saturated rings. The van der Waals surface area contributed by atoms with Gasteiger partial charge in [-0.2, -0.15) is 14.9 Å². The molecule has 3 N–H and O–H groups in total. The number of likely N-dealkylation sites (N-methyl/N-ethyl adjacent to an activating group) is 3. The number of hydrogen-bond acceptors (Lipinski definition) is 17. The molecule has 57 heavy (non-hydrogen) atoms. The van der Waals surface area contributed by atoms with Crippen molar-refractivity contribution in [3.8, 4) is 11.8 Å². The molecule has 22 heteroatoms. The predicted molar refractivity (Wildman–Crippen MR) is 193 cm³/mol. The number of likely N-dealkylation sites (tertiary alicyclic amines) is 1. The summed E-state index contributed by atoms with van der Waals surface area (Å²) in [4.78, 5) is 81.2. The summed E-state index contributed by atoms with van der Waals surface area (Å²) in [6.45, 7) is 2.64. The number of nitro benzene ring substituents is 1. The second-order valence-electron chi connectivity index (χ2n) is 13.4. The number of carbonyl (C=O) groups is 3. The molecule has 0 radical (unpaired) electrons. The number of aromatic nitrogens is 3. The van der Waals surface area contributed by atoms with Gasteiger partial charge in [-0.3, -0.25) is 19.5 Å². The molecule has 0 aliphatic carbocycles. The van der Waals surface area contributed by atoms with Crippen LogP contribution in [-0.4, -0.2) is 158 Å². The molecule has 5 rings (SSSR count). The van der Waals surface area contributed by atoms with Crippen molar-refractivity contribution in [1.29, 1.82) is 5.26 Å². The number of aliphatic hydroxyl groups excluding tert-OH is 3. The number of benzene rings is 1. The summed E-state index contributed by atoms with van der Waals surface area (Å²) in [6.07, 6.45) is -2.99. The molecule has 22 nitrogen and oxygen atoms in total. The first-order valence-electron chi connectivity index (χ1n) is 17.5. The van der Waals surface area contributed by atoms with Gasteiger partial charge in [0.15, 0.2) is 11.4 Å². The van der Waals surface area contributed by atoms with Crippen LogP contribution >= 0.6 is 0 Å². The van der Waals surface area contributed by atoms with Crippen molar-refractivity contribution in [2.75, 3.05) is 58.8 Å². The minimum Gasteiger partial charge on any atom is -0.455 e. The summed E-state index contributed by atoms with van der Waals surface area (Å²) in [5, 5.41) is 51.0. The molecule has 306 valence electrons. The minimum atomic E-state index is -1.66. The molecule has 2 aromatic heterocycles. The van der Waals surface area contributed by atoms with Crippen LogP contribution in [0.25, 0.3) is 11.0 Å². The number of hydrogen-bond donors (Lipinski definition) is 3. The molecule has 2 aliphatic heterocycles. The Labute approximate surface area is 325 Å². The number of aliphatic hydroxyl groups is 3. The van der Waals surface area contributed by atoms with Crippen LogP contribution in [0.4, 0.5) is 21.1 Å². The number of anilines is 1. The second kappa shape index (κ2) is 19.6. The number of piperidine rings is 1. The third-order valence-electron chi connectivity index (χ3n) is 9.69. The fourth-order valence-corrected chi connectivity index (χ4v) is 6.32. The van der Waals surface area contributed by atoms with Gasteiger partial charge in [-0.05, 0) is 30.0 Å². The number of rotatable bonds is 11. The van der Waals surface area contributed by atoms with Gasteiger partial charge in [-0.1, -0.05) is 13.0 Å². The van der Waals surface area contributed by atoms with Crippen molar-refractivity contribution >= 4 is 46.7 Å². The van der Waals surface area contributed by atoms with E-state index in [-0.39, 0.29) is 68.1 Å². The maximum Gasteiger partial charge on any atom is 0.409 e. The third kappa shape index (κ3) is 10.3. The molecule has 6 atom stereocenters. The number of amides is 3. The molecule has 0 saturated carbocycles. The number of ether oxygens (including phenoxy) is 3. The largest absolute Gasteiger partial charge is 0.455 e. The summed E-state index contributed by atoms with van der Waals surface area (Å²) in [5.74, 6) is 0.341. The van der Waals surface area contributed by atoms with Crippen LogP contribution in [0.3, 0.4) is 0 Å². The van der Waals surface area contributed by atoms with Gasteiger partial charge < -0.3 is 49.1 Å². The Hall–Kier alpha value is -6.24. The lowest BCUT2D eigenvalue weighted by Crippen LogP contribution is -2.54. The lowest BCUT2D eigenvalue weighted by molar-refractivity contribution is -0.386. The van der Waals surface area contributed by atoms with Crippen LogP contribution in [0, 0.1) is 27.4 Å². The Bertz CT molecular complexity index is 2000. The normalized spacial score (nSPS) is 21.5. The van der Waals surface area contributed by atoms with Crippen molar-refractivity contribution in [3.63, 3.8) is 0 Å². The fourth-order valence-electron chi connectivity index (χ4n) is 6.32. The Morgan fingerprint density at radius 2 is 1.79 bits per heavy atom. The molecular formula is C35H43N9O13. The average Bonchev–Trinajstić information content (AvgIpc) is 3.63. The maximum atomic E-state index is 13.5. The SMILES string of the molecule is C[C@@H]1CCN(C(=O)CC#N)C[C@@H]1N(C)c1ncnc2c1ccn2C(=O)N(C)CCN(C)C(=O)OCc1ccc(O[C@@H]2OC[C@@H](O)[C@H](O)[C@H]2O)c([N+](=O)[O-])c1.O=C=O. The summed E-state index contributed by atoms with van der Waals surface area (Å²) >= 11 is 0. The van der Waals surface area contributed by atoms with Crippen LogP contribution in [0.5, 0.6) is 5.75 Å². The van der Waals surface area contributed by atoms with Crippen molar-refractivity contribution < 1.29 is 58.4 Å². The molecule has 4 heterocycles. The number of nitriles is 1. The molecule has 0 unspecified atom stereocenters. The predicted octanol–water partition coefficient (Wildman–Crippen LogP) is 0.329. The quantitative estimate of drug-likeness (QED) is 0.174. The van der Waals surface area contributed by atoms with Gasteiger partial charge in [-0.25, -0.2) is 19.6 Å². The molecular weight excluding hydrogens is 754 g/mol. The Kier molecular flexibility index (Phi) is 14.9. The molecule has 2 saturated heterocycles. The van der Waals surface area contributed by atoms with E-state index in [1.165, 1.54) is 39.9 Å². The van der Waals surface area contributed by atoms with E-state index in [0.717, 1.165) is 12.5 Å². The highest BCUT2D eigenvalue weighted by molar-refractivity contribution is 5.95. The topological polar surface area (TPSA) is 284 Å². The zero-order valence-corrected chi connectivity index (χ0v) is 31.5. The third-order valence-corrected chi connectivity index (χ3v) is 9.69. The number of nitrogens with zero attached hydrogens (tertiary/aromatic N) is 9. The maximum absolute atomic E-state index is 13.5. The highest BCUT2D eigenvalue weighted by Crippen LogP contribution is 2.32. The highest BCUT2D eigenvalue weighted by Gasteiger charge is 2.40. The second-order valence-corrected chi connectivity index (χ2v) is 13.4. The van der Waals surface area contributed by atoms with E-state index in [1.54, 1.807) is 24.2 Å². The Balaban J connectivity index is 0.00000232. The van der Waals surface area contributed by atoms with Crippen LogP contribution in [0.15, 0.2) is 36.8 Å². The van der Waals surface area contributed by atoms with E-state index < -0.39 is 47.3 Å². The monoisotopic (exact) mass is 797 g/mol. The van der Waals surface area contributed by atoms with Gasteiger partial charge in [0.05, 0.1) is 29.0 Å². The van der Waals surface area contributed by atoms with Crippen molar-refractivity contribution in [2.45, 2.75) is 57.0 Å². The first-order valence-corrected chi connectivity index (χ1v) is 17.5. The molecule has 0 bridgehead atoms. The van der Waals surface area contributed by atoms with Gasteiger partial charge in [0.25, 0.3) is 0 Å². The van der Waals surface area contributed by atoms with Gasteiger partial charge >= 0.3 is 24.0 Å². The van der Waals surface area contributed by atoms with E-state index in [2.05, 4.69) is 16.9 Å².